The molecule has 1 aromatic rings. The van der Waals surface area contributed by atoms with E-state index in [1.165, 1.54) is 0 Å². The largest absolute Gasteiger partial charge is 0.480 e. The van der Waals surface area contributed by atoms with E-state index in [4.69, 9.17) is 5.11 Å². The fourth-order valence-electron chi connectivity index (χ4n) is 2.34. The van der Waals surface area contributed by atoms with Gasteiger partial charge in [-0.1, -0.05) is 0 Å². The molecular formula is C10H15N3O4S. The van der Waals surface area contributed by atoms with Crippen LogP contribution in [0, 0.1) is 0 Å². The molecule has 0 radical (unpaired) electrons. The molecule has 100 valence electrons. The molecule has 1 aliphatic rings. The number of hydrogen-bond acceptors (Lipinski definition) is 4. The van der Waals surface area contributed by atoms with Crippen molar-refractivity contribution in [2.24, 2.45) is 0 Å². The van der Waals surface area contributed by atoms with Crippen molar-refractivity contribution in [3.05, 3.63) is 18.7 Å². The van der Waals surface area contributed by atoms with Crippen LogP contribution in [0.3, 0.4) is 0 Å². The Bertz CT molecular complexity index is 511. The lowest BCUT2D eigenvalue weighted by Crippen LogP contribution is -2.40. The third kappa shape index (κ3) is 3.08. The summed E-state index contributed by atoms with van der Waals surface area (Å²) in [4.78, 5) is 14.4. The number of aromatic nitrogens is 2. The summed E-state index contributed by atoms with van der Waals surface area (Å²) >= 11 is 0. The second-order valence-corrected chi connectivity index (χ2v) is 6.14. The Morgan fingerprint density at radius 1 is 1.50 bits per heavy atom. The standard InChI is InChI=1S/C10H15N3O4S/c14-10(15)6-18(16,17)12-8-2-1-3-9(8)13-5-4-11-7-13/h4-5,7-9,12H,1-3,6H2,(H,14,15). The van der Waals surface area contributed by atoms with Gasteiger partial charge in [-0.15, -0.1) is 0 Å². The molecule has 0 saturated heterocycles. The van der Waals surface area contributed by atoms with Gasteiger partial charge in [0.2, 0.25) is 10.0 Å². The molecule has 1 fully saturated rings. The summed E-state index contributed by atoms with van der Waals surface area (Å²) in [5, 5.41) is 8.54. The first-order valence-corrected chi connectivity index (χ1v) is 7.32. The zero-order chi connectivity index (χ0) is 13.2. The monoisotopic (exact) mass is 273 g/mol. The maximum absolute atomic E-state index is 11.6. The van der Waals surface area contributed by atoms with Gasteiger partial charge in [-0.2, -0.15) is 0 Å². The van der Waals surface area contributed by atoms with E-state index in [1.807, 2.05) is 4.57 Å². The van der Waals surface area contributed by atoms with E-state index in [0.29, 0.717) is 6.42 Å². The number of carbonyl (C=O) groups is 1. The topological polar surface area (TPSA) is 101 Å². The van der Waals surface area contributed by atoms with Crippen molar-refractivity contribution in [3.63, 3.8) is 0 Å². The average Bonchev–Trinajstić information content (AvgIpc) is 2.83. The van der Waals surface area contributed by atoms with Crippen molar-refractivity contribution in [1.29, 1.82) is 0 Å². The van der Waals surface area contributed by atoms with E-state index in [9.17, 15) is 13.2 Å². The van der Waals surface area contributed by atoms with Crippen LogP contribution in [0.5, 0.6) is 0 Å². The van der Waals surface area contributed by atoms with E-state index in [2.05, 4.69) is 9.71 Å². The summed E-state index contributed by atoms with van der Waals surface area (Å²) in [6, 6.07) is -0.250. The zero-order valence-electron chi connectivity index (χ0n) is 9.69. The quantitative estimate of drug-likeness (QED) is 0.785. The van der Waals surface area contributed by atoms with E-state index in [-0.39, 0.29) is 12.1 Å². The summed E-state index contributed by atoms with van der Waals surface area (Å²) in [6.45, 7) is 0. The van der Waals surface area contributed by atoms with Crippen molar-refractivity contribution in [1.82, 2.24) is 14.3 Å². The Morgan fingerprint density at radius 3 is 2.89 bits per heavy atom. The number of nitrogens with one attached hydrogen (secondary N) is 1. The van der Waals surface area contributed by atoms with Crippen LogP contribution in [0.15, 0.2) is 18.7 Å². The van der Waals surface area contributed by atoms with Gasteiger partial charge in [0.25, 0.3) is 0 Å². The SMILES string of the molecule is O=C(O)CS(=O)(=O)NC1CCCC1n1ccnc1. The molecule has 18 heavy (non-hydrogen) atoms. The van der Waals surface area contributed by atoms with Gasteiger partial charge in [0.1, 0.15) is 0 Å². The number of carboxylic acid groups (broad SMARTS) is 1. The number of carboxylic acids is 1. The molecule has 1 aliphatic carbocycles. The van der Waals surface area contributed by atoms with Gasteiger partial charge in [-0.3, -0.25) is 4.79 Å². The average molecular weight is 273 g/mol. The van der Waals surface area contributed by atoms with Gasteiger partial charge in [-0.05, 0) is 19.3 Å². The van der Waals surface area contributed by atoms with Crippen LogP contribution in [-0.4, -0.2) is 40.8 Å². The van der Waals surface area contributed by atoms with Crippen molar-refractivity contribution in [2.75, 3.05) is 5.75 Å². The molecule has 2 rings (SSSR count). The Labute approximate surface area is 105 Å². The maximum atomic E-state index is 11.6. The molecule has 8 heteroatoms. The predicted octanol–water partition coefficient (Wildman–Crippen LogP) is -0.0193. The molecular weight excluding hydrogens is 258 g/mol. The van der Waals surface area contributed by atoms with Crippen molar-refractivity contribution in [3.8, 4) is 0 Å². The molecule has 1 heterocycles. The summed E-state index contributed by atoms with van der Waals surface area (Å²) in [6.07, 6.45) is 7.55. The molecule has 1 aromatic heterocycles. The summed E-state index contributed by atoms with van der Waals surface area (Å²) in [7, 11) is -3.77. The smallest absolute Gasteiger partial charge is 0.320 e. The number of rotatable bonds is 5. The Morgan fingerprint density at radius 2 is 2.28 bits per heavy atom. The van der Waals surface area contributed by atoms with Gasteiger partial charge >= 0.3 is 5.97 Å². The number of imidazole rings is 1. The lowest BCUT2D eigenvalue weighted by atomic mass is 10.2. The molecule has 0 bridgehead atoms. The summed E-state index contributed by atoms with van der Waals surface area (Å²) < 4.78 is 27.5. The number of sulfonamides is 1. The number of nitrogens with zero attached hydrogens (tertiary/aromatic N) is 2. The fraction of sp³-hybridized carbons (Fsp3) is 0.600. The lowest BCUT2D eigenvalue weighted by molar-refractivity contribution is -0.134. The molecule has 7 nitrogen and oxygen atoms in total. The third-order valence-corrected chi connectivity index (χ3v) is 4.32. The molecule has 0 aromatic carbocycles. The van der Waals surface area contributed by atoms with Gasteiger partial charge in [0, 0.05) is 18.4 Å². The minimum atomic E-state index is -3.77. The van der Waals surface area contributed by atoms with Gasteiger partial charge in [0.15, 0.2) is 5.75 Å². The van der Waals surface area contributed by atoms with Crippen LogP contribution >= 0.6 is 0 Å². The van der Waals surface area contributed by atoms with Crippen molar-refractivity contribution < 1.29 is 18.3 Å². The van der Waals surface area contributed by atoms with Crippen LogP contribution in [0.1, 0.15) is 25.3 Å². The van der Waals surface area contributed by atoms with E-state index >= 15 is 0 Å². The molecule has 2 unspecified atom stereocenters. The molecule has 2 atom stereocenters. The van der Waals surface area contributed by atoms with Gasteiger partial charge < -0.3 is 9.67 Å². The van der Waals surface area contributed by atoms with Crippen LogP contribution in [0.4, 0.5) is 0 Å². The first-order chi connectivity index (χ1) is 8.48. The van der Waals surface area contributed by atoms with E-state index < -0.39 is 21.7 Å². The highest BCUT2D eigenvalue weighted by molar-refractivity contribution is 7.90. The third-order valence-electron chi connectivity index (χ3n) is 3.03. The molecule has 0 aliphatic heterocycles. The highest BCUT2D eigenvalue weighted by Crippen LogP contribution is 2.30. The second kappa shape index (κ2) is 5.07. The number of hydrogen-bond donors (Lipinski definition) is 2. The fourth-order valence-corrected chi connectivity index (χ4v) is 3.48. The first-order valence-electron chi connectivity index (χ1n) is 5.67. The molecule has 0 amide bonds. The Kier molecular flexibility index (Phi) is 3.67. The Balaban J connectivity index is 2.07. The maximum Gasteiger partial charge on any atom is 0.320 e. The Hall–Kier alpha value is -1.41. The zero-order valence-corrected chi connectivity index (χ0v) is 10.5. The molecule has 2 N–H and O–H groups in total. The summed E-state index contributed by atoms with van der Waals surface area (Å²) in [5.74, 6) is -2.24. The predicted molar refractivity (Wildman–Crippen MR) is 63.5 cm³/mol. The minimum absolute atomic E-state index is 0.0102. The molecule has 1 saturated carbocycles. The number of aliphatic carboxylic acids is 1. The highest BCUT2D eigenvalue weighted by atomic mass is 32.2. The normalized spacial score (nSPS) is 24.2. The second-order valence-electron chi connectivity index (χ2n) is 4.39. The first kappa shape index (κ1) is 13.0. The van der Waals surface area contributed by atoms with Crippen LogP contribution in [0.25, 0.3) is 0 Å². The van der Waals surface area contributed by atoms with E-state index in [0.717, 1.165) is 12.8 Å². The van der Waals surface area contributed by atoms with Gasteiger partial charge in [0.05, 0.1) is 12.4 Å². The van der Waals surface area contributed by atoms with Crippen molar-refractivity contribution in [2.45, 2.75) is 31.3 Å². The van der Waals surface area contributed by atoms with E-state index in [1.54, 1.807) is 18.7 Å². The van der Waals surface area contributed by atoms with Crippen LogP contribution < -0.4 is 4.72 Å². The van der Waals surface area contributed by atoms with Crippen LogP contribution in [-0.2, 0) is 14.8 Å². The van der Waals surface area contributed by atoms with Crippen LogP contribution in [0.2, 0.25) is 0 Å². The molecule has 0 spiro atoms. The van der Waals surface area contributed by atoms with Crippen molar-refractivity contribution >= 4 is 16.0 Å². The highest BCUT2D eigenvalue weighted by Gasteiger charge is 2.32. The minimum Gasteiger partial charge on any atom is -0.480 e. The summed E-state index contributed by atoms with van der Waals surface area (Å²) in [5.41, 5.74) is 0. The van der Waals surface area contributed by atoms with Gasteiger partial charge in [-0.25, -0.2) is 18.1 Å². The lowest BCUT2D eigenvalue weighted by Gasteiger charge is -2.21.